The van der Waals surface area contributed by atoms with Gasteiger partial charge in [0.1, 0.15) is 5.75 Å². The molecule has 2 rings (SSSR count). The van der Waals surface area contributed by atoms with Gasteiger partial charge in [0.15, 0.2) is 0 Å². The van der Waals surface area contributed by atoms with Crippen LogP contribution in [0.5, 0.6) is 5.75 Å². The molecule has 1 aliphatic heterocycles. The van der Waals surface area contributed by atoms with Crippen molar-refractivity contribution in [1.82, 2.24) is 9.21 Å². The summed E-state index contributed by atoms with van der Waals surface area (Å²) < 4.78 is 32.1. The number of hydrogen-bond acceptors (Lipinski definition) is 4. The van der Waals surface area contributed by atoms with Gasteiger partial charge < -0.3 is 9.64 Å². The summed E-state index contributed by atoms with van der Waals surface area (Å²) in [7, 11) is 1.49. The van der Waals surface area contributed by atoms with Crippen LogP contribution in [-0.2, 0) is 21.2 Å². The minimum atomic E-state index is -3.46. The third-order valence-electron chi connectivity index (χ3n) is 4.06. The molecule has 1 heterocycles. The van der Waals surface area contributed by atoms with Crippen LogP contribution in [0, 0.1) is 0 Å². The predicted octanol–water partition coefficient (Wildman–Crippen LogP) is 1.50. The zero-order valence-corrected chi connectivity index (χ0v) is 14.7. The summed E-state index contributed by atoms with van der Waals surface area (Å²) in [6.07, 6.45) is 2.57. The van der Waals surface area contributed by atoms with E-state index in [1.165, 1.54) is 9.21 Å². The molecule has 0 atom stereocenters. The Morgan fingerprint density at radius 2 is 1.91 bits per heavy atom. The van der Waals surface area contributed by atoms with E-state index < -0.39 is 10.0 Å². The fourth-order valence-electron chi connectivity index (χ4n) is 2.65. The highest BCUT2D eigenvalue weighted by molar-refractivity contribution is 7.89. The molecule has 6 nitrogen and oxygen atoms in total. The zero-order chi connectivity index (χ0) is 17.0. The quantitative estimate of drug-likeness (QED) is 0.787. The van der Waals surface area contributed by atoms with Crippen LogP contribution in [0.1, 0.15) is 24.8 Å². The van der Waals surface area contributed by atoms with E-state index in [-0.39, 0.29) is 10.8 Å². The first-order chi connectivity index (χ1) is 10.9. The number of nitrogens with zero attached hydrogens (tertiary/aromatic N) is 2. The van der Waals surface area contributed by atoms with Crippen molar-refractivity contribution in [1.29, 1.82) is 0 Å². The number of benzene rings is 1. The Morgan fingerprint density at radius 1 is 1.26 bits per heavy atom. The average Bonchev–Trinajstić information content (AvgIpc) is 3.07. The van der Waals surface area contributed by atoms with E-state index in [4.69, 9.17) is 4.74 Å². The maximum absolute atomic E-state index is 12.6. The number of methoxy groups -OCH3 is 1. The molecule has 1 fully saturated rings. The number of carbonyl (C=O) groups is 1. The predicted molar refractivity (Wildman–Crippen MR) is 88.0 cm³/mol. The molecule has 1 amide bonds. The van der Waals surface area contributed by atoms with Crippen molar-refractivity contribution in [2.45, 2.75) is 30.6 Å². The van der Waals surface area contributed by atoms with Crippen molar-refractivity contribution >= 4 is 15.9 Å². The lowest BCUT2D eigenvalue weighted by atomic mass is 10.1. The first-order valence-corrected chi connectivity index (χ1v) is 9.17. The third-order valence-corrected chi connectivity index (χ3v) is 5.96. The van der Waals surface area contributed by atoms with Gasteiger partial charge in [-0.3, -0.25) is 4.79 Å². The molecule has 0 bridgehead atoms. The van der Waals surface area contributed by atoms with Gasteiger partial charge in [0.05, 0.1) is 12.0 Å². The number of hydrogen-bond donors (Lipinski definition) is 0. The molecule has 0 aromatic heterocycles. The Labute approximate surface area is 138 Å². The average molecular weight is 340 g/mol. The fraction of sp³-hybridized carbons (Fsp3) is 0.562. The smallest absolute Gasteiger partial charge is 0.243 e. The third kappa shape index (κ3) is 4.03. The Kier molecular flexibility index (Phi) is 5.64. The van der Waals surface area contributed by atoms with Crippen LogP contribution in [0.3, 0.4) is 0 Å². The number of ether oxygens (including phenoxy) is 1. The van der Waals surface area contributed by atoms with Crippen molar-refractivity contribution in [3.63, 3.8) is 0 Å². The fourth-order valence-corrected chi connectivity index (χ4v) is 4.22. The summed E-state index contributed by atoms with van der Waals surface area (Å²) >= 11 is 0. The molecule has 7 heteroatoms. The van der Waals surface area contributed by atoms with Crippen LogP contribution in [0.4, 0.5) is 0 Å². The monoisotopic (exact) mass is 340 g/mol. The minimum absolute atomic E-state index is 0.000133. The van der Waals surface area contributed by atoms with Gasteiger partial charge in [0.2, 0.25) is 15.9 Å². The second-order valence-corrected chi connectivity index (χ2v) is 7.81. The van der Waals surface area contributed by atoms with Crippen LogP contribution in [0.2, 0.25) is 0 Å². The molecule has 128 valence electrons. The highest BCUT2D eigenvalue weighted by Gasteiger charge is 2.27. The SMILES string of the molecule is COc1ccc(S(=O)(=O)N2CCCC2)cc1CCC(=O)N(C)C. The molecule has 23 heavy (non-hydrogen) atoms. The lowest BCUT2D eigenvalue weighted by Gasteiger charge is -2.17. The molecule has 1 aliphatic rings. The Morgan fingerprint density at radius 3 is 2.48 bits per heavy atom. The molecule has 1 aromatic carbocycles. The molecular weight excluding hydrogens is 316 g/mol. The Bertz CT molecular complexity index is 665. The van der Waals surface area contributed by atoms with Gasteiger partial charge in [-0.25, -0.2) is 8.42 Å². The van der Waals surface area contributed by atoms with Crippen LogP contribution in [-0.4, -0.2) is 57.8 Å². The highest BCUT2D eigenvalue weighted by atomic mass is 32.2. The van der Waals surface area contributed by atoms with Gasteiger partial charge in [0, 0.05) is 33.6 Å². The van der Waals surface area contributed by atoms with E-state index in [1.807, 2.05) is 0 Å². The van der Waals surface area contributed by atoms with Gasteiger partial charge in [-0.15, -0.1) is 0 Å². The van der Waals surface area contributed by atoms with E-state index in [0.717, 1.165) is 18.4 Å². The van der Waals surface area contributed by atoms with E-state index in [0.29, 0.717) is 31.7 Å². The Hall–Kier alpha value is -1.60. The van der Waals surface area contributed by atoms with E-state index in [1.54, 1.807) is 39.4 Å². The van der Waals surface area contributed by atoms with Crippen LogP contribution in [0.25, 0.3) is 0 Å². The lowest BCUT2D eigenvalue weighted by molar-refractivity contribution is -0.128. The largest absolute Gasteiger partial charge is 0.496 e. The number of amides is 1. The normalized spacial score (nSPS) is 15.6. The standard InChI is InChI=1S/C16H24N2O4S/c1-17(2)16(19)9-6-13-12-14(7-8-15(13)22-3)23(20,21)18-10-4-5-11-18/h7-8,12H,4-6,9-11H2,1-3H3. The number of sulfonamides is 1. The molecule has 0 unspecified atom stereocenters. The van der Waals surface area contributed by atoms with Gasteiger partial charge in [0.25, 0.3) is 0 Å². The van der Waals surface area contributed by atoms with Crippen molar-refractivity contribution in [3.8, 4) is 5.75 Å². The lowest BCUT2D eigenvalue weighted by Crippen LogP contribution is -2.28. The van der Waals surface area contributed by atoms with Crippen LogP contribution in [0.15, 0.2) is 23.1 Å². The summed E-state index contributed by atoms with van der Waals surface area (Å²) in [6.45, 7) is 1.14. The highest BCUT2D eigenvalue weighted by Crippen LogP contribution is 2.27. The molecule has 1 saturated heterocycles. The maximum Gasteiger partial charge on any atom is 0.243 e. The maximum atomic E-state index is 12.6. The van der Waals surface area contributed by atoms with Gasteiger partial charge in [-0.2, -0.15) is 4.31 Å². The molecule has 0 saturated carbocycles. The molecule has 0 radical (unpaired) electrons. The van der Waals surface area contributed by atoms with E-state index in [2.05, 4.69) is 0 Å². The molecule has 0 aliphatic carbocycles. The second kappa shape index (κ2) is 7.31. The van der Waals surface area contributed by atoms with Crippen molar-refractivity contribution < 1.29 is 17.9 Å². The van der Waals surface area contributed by atoms with Crippen molar-refractivity contribution in [2.24, 2.45) is 0 Å². The zero-order valence-electron chi connectivity index (χ0n) is 13.9. The van der Waals surface area contributed by atoms with Crippen molar-refractivity contribution in [3.05, 3.63) is 23.8 Å². The number of carbonyl (C=O) groups excluding carboxylic acids is 1. The van der Waals surface area contributed by atoms with Gasteiger partial charge in [-0.05, 0) is 43.0 Å². The molecular formula is C16H24N2O4S. The van der Waals surface area contributed by atoms with Gasteiger partial charge >= 0.3 is 0 Å². The topological polar surface area (TPSA) is 66.9 Å². The number of rotatable bonds is 6. The Balaban J connectivity index is 2.26. The van der Waals surface area contributed by atoms with Crippen LogP contribution < -0.4 is 4.74 Å². The summed E-state index contributed by atoms with van der Waals surface area (Å²) in [5.41, 5.74) is 0.739. The molecule has 0 spiro atoms. The second-order valence-electron chi connectivity index (χ2n) is 5.87. The summed E-state index contributed by atoms with van der Waals surface area (Å²) in [5, 5.41) is 0. The van der Waals surface area contributed by atoms with E-state index >= 15 is 0 Å². The minimum Gasteiger partial charge on any atom is -0.496 e. The van der Waals surface area contributed by atoms with E-state index in [9.17, 15) is 13.2 Å². The summed E-state index contributed by atoms with van der Waals surface area (Å²) in [5.74, 6) is 0.608. The van der Waals surface area contributed by atoms with Crippen molar-refractivity contribution in [2.75, 3.05) is 34.3 Å². The number of aryl methyl sites for hydroxylation is 1. The summed E-state index contributed by atoms with van der Waals surface area (Å²) in [6, 6.07) is 4.87. The molecule has 0 N–H and O–H groups in total. The first kappa shape index (κ1) is 17.7. The van der Waals surface area contributed by atoms with Gasteiger partial charge in [-0.1, -0.05) is 0 Å². The summed E-state index contributed by atoms with van der Waals surface area (Å²) in [4.78, 5) is 13.6. The van der Waals surface area contributed by atoms with Crippen LogP contribution >= 0.6 is 0 Å². The first-order valence-electron chi connectivity index (χ1n) is 7.73. The molecule has 1 aromatic rings.